The molecule has 10 nitrogen and oxygen atoms in total. The van der Waals surface area contributed by atoms with E-state index in [-0.39, 0.29) is 36.2 Å². The molecule has 7 rings (SSSR count). The first-order valence-corrected chi connectivity index (χ1v) is 16.6. The van der Waals surface area contributed by atoms with Crippen LogP contribution in [0.5, 0.6) is 17.2 Å². The highest BCUT2D eigenvalue weighted by atomic mass is 16.5. The van der Waals surface area contributed by atoms with Crippen molar-refractivity contribution in [2.75, 3.05) is 19.6 Å². The molecule has 10 heteroatoms. The molecule has 6 atom stereocenters. The van der Waals surface area contributed by atoms with Gasteiger partial charge >= 0.3 is 0 Å². The van der Waals surface area contributed by atoms with E-state index < -0.39 is 52.4 Å². The maximum absolute atomic E-state index is 15.3. The summed E-state index contributed by atoms with van der Waals surface area (Å²) in [6.45, 7) is 7.47. The Morgan fingerprint density at radius 2 is 1.57 bits per heavy atom. The van der Waals surface area contributed by atoms with Crippen LogP contribution < -0.4 is 14.9 Å². The minimum atomic E-state index is -1.54. The molecule has 6 unspecified atom stereocenters. The van der Waals surface area contributed by atoms with Gasteiger partial charge in [-0.1, -0.05) is 59.7 Å². The molecule has 2 aliphatic heterocycles. The number of fused-ring (bicyclic) bond motifs is 4. The molecule has 0 bridgehead atoms. The average Bonchev–Trinajstić information content (AvgIpc) is 3.47. The number of aromatic hydroxyl groups is 1. The largest absolute Gasteiger partial charge is 0.507 e. The van der Waals surface area contributed by atoms with E-state index in [2.05, 4.69) is 5.43 Å². The van der Waals surface area contributed by atoms with E-state index in [1.54, 1.807) is 18.2 Å². The smallest absolute Gasteiger partial charge is 0.260 e. The normalized spacial score (nSPS) is 27.8. The summed E-state index contributed by atoms with van der Waals surface area (Å²) in [5.74, 6) is -4.75. The van der Waals surface area contributed by atoms with E-state index in [0.717, 1.165) is 16.1 Å². The number of hydrogen-bond acceptors (Lipinski definition) is 8. The summed E-state index contributed by atoms with van der Waals surface area (Å²) < 4.78 is 11.3. The van der Waals surface area contributed by atoms with Crippen LogP contribution in [0.4, 0.5) is 5.69 Å². The van der Waals surface area contributed by atoms with E-state index in [0.29, 0.717) is 22.6 Å². The number of aryl methyl sites for hydroxylation is 1. The maximum atomic E-state index is 15.3. The van der Waals surface area contributed by atoms with E-state index in [1.165, 1.54) is 25.2 Å². The van der Waals surface area contributed by atoms with Crippen LogP contribution in [0, 0.1) is 30.6 Å². The molecule has 2 saturated heterocycles. The van der Waals surface area contributed by atoms with Crippen LogP contribution in [0.15, 0.2) is 78.4 Å². The zero-order chi connectivity index (χ0) is 35.0. The minimum absolute atomic E-state index is 0.158. The molecule has 254 valence electrons. The molecule has 3 fully saturated rings. The van der Waals surface area contributed by atoms with Crippen molar-refractivity contribution in [2.45, 2.75) is 57.4 Å². The van der Waals surface area contributed by atoms with Gasteiger partial charge in [-0.2, -0.15) is 5.01 Å². The Labute approximate surface area is 285 Å². The molecule has 2 N–H and O–H groups in total. The Hall–Kier alpha value is -5.12. The molecular weight excluding hydrogens is 622 g/mol. The van der Waals surface area contributed by atoms with Gasteiger partial charge in [0.15, 0.2) is 0 Å². The fourth-order valence-electron chi connectivity index (χ4n) is 8.89. The van der Waals surface area contributed by atoms with Crippen LogP contribution in [0.3, 0.4) is 0 Å². The van der Waals surface area contributed by atoms with Crippen LogP contribution >= 0.6 is 0 Å². The van der Waals surface area contributed by atoms with Crippen molar-refractivity contribution in [1.82, 2.24) is 9.91 Å². The molecule has 49 heavy (non-hydrogen) atoms. The molecule has 3 aromatic carbocycles. The van der Waals surface area contributed by atoms with Crippen molar-refractivity contribution < 1.29 is 33.8 Å². The monoisotopic (exact) mass is 663 g/mol. The van der Waals surface area contributed by atoms with Crippen molar-refractivity contribution in [2.24, 2.45) is 23.7 Å². The third-order valence-electron chi connectivity index (χ3n) is 10.9. The second-order valence-corrected chi connectivity index (χ2v) is 14.5. The number of nitrogens with one attached hydrogen (secondary N) is 1. The van der Waals surface area contributed by atoms with Gasteiger partial charge < -0.3 is 14.6 Å². The number of phenols is 1. The molecule has 0 aromatic heterocycles. The Balaban J connectivity index is 1.50. The lowest BCUT2D eigenvalue weighted by Gasteiger charge is -2.50. The summed E-state index contributed by atoms with van der Waals surface area (Å²) in [5.41, 5.74) is 4.04. The van der Waals surface area contributed by atoms with E-state index in [1.807, 2.05) is 76.2 Å². The lowest BCUT2D eigenvalue weighted by Crippen LogP contribution is -2.53. The molecule has 0 spiro atoms. The summed E-state index contributed by atoms with van der Waals surface area (Å²) in [4.78, 5) is 59.6. The second-order valence-electron chi connectivity index (χ2n) is 14.5. The lowest BCUT2D eigenvalue weighted by molar-refractivity contribution is -0.146. The lowest BCUT2D eigenvalue weighted by atomic mass is 9.49. The van der Waals surface area contributed by atoms with Crippen LogP contribution in [0.25, 0.3) is 0 Å². The Morgan fingerprint density at radius 3 is 2.20 bits per heavy atom. The number of ether oxygens (including phenoxy) is 2. The fourth-order valence-corrected chi connectivity index (χ4v) is 8.89. The van der Waals surface area contributed by atoms with Gasteiger partial charge in [0.05, 0.1) is 43.1 Å². The zero-order valence-corrected chi connectivity index (χ0v) is 28.5. The summed E-state index contributed by atoms with van der Waals surface area (Å²) >= 11 is 0. The number of methoxy groups -OCH3 is 2. The quantitative estimate of drug-likeness (QED) is 0.262. The summed E-state index contributed by atoms with van der Waals surface area (Å²) in [6, 6.07) is 19.7. The van der Waals surface area contributed by atoms with E-state index in [4.69, 9.17) is 9.47 Å². The number of benzene rings is 3. The maximum Gasteiger partial charge on any atom is 0.260 e. The predicted octanol–water partition coefficient (Wildman–Crippen LogP) is 5.50. The van der Waals surface area contributed by atoms with Crippen molar-refractivity contribution in [3.8, 4) is 17.2 Å². The van der Waals surface area contributed by atoms with E-state index >= 15 is 4.79 Å². The molecule has 3 aromatic rings. The number of carbonyl (C=O) groups is 4. The summed E-state index contributed by atoms with van der Waals surface area (Å²) in [7, 11) is 2.95. The highest BCUT2D eigenvalue weighted by Gasteiger charge is 2.71. The molecule has 2 aliphatic carbocycles. The van der Waals surface area contributed by atoms with E-state index in [9.17, 15) is 19.5 Å². The average molecular weight is 664 g/mol. The Bertz CT molecular complexity index is 1900. The first-order chi connectivity index (χ1) is 23.3. The highest BCUT2D eigenvalue weighted by molar-refractivity contribution is 6.13. The number of amides is 4. The van der Waals surface area contributed by atoms with Crippen molar-refractivity contribution >= 4 is 29.3 Å². The number of hydrogen-bond donors (Lipinski definition) is 2. The number of phenolic OH excluding ortho intramolecular Hbond substituents is 1. The van der Waals surface area contributed by atoms with Gasteiger partial charge in [0.2, 0.25) is 11.8 Å². The standard InChI is InChI=1S/C39H41N3O7/c1-21-12-14-23(15-13-21)40-42-35(45)28-20-27-25(16-17-26-31(27)36(46)41(34(26)44)38(2,3)4)33(32-29(43)18-24(48-5)19-30(32)49-6)39(28,37(42)47)22-10-8-7-9-11-22/h7-16,18-19,26-28,31,33,40,43H,17,20H2,1-6H3. The molecule has 2 heterocycles. The van der Waals surface area contributed by atoms with Gasteiger partial charge in [0.25, 0.3) is 11.8 Å². The molecule has 0 radical (unpaired) electrons. The van der Waals surface area contributed by atoms with Crippen molar-refractivity contribution in [1.29, 1.82) is 0 Å². The van der Waals surface area contributed by atoms with Gasteiger partial charge in [-0.3, -0.25) is 29.5 Å². The second kappa shape index (κ2) is 11.5. The molecule has 4 aliphatic rings. The Kier molecular flexibility index (Phi) is 7.61. The number of anilines is 1. The highest BCUT2D eigenvalue weighted by Crippen LogP contribution is 2.66. The van der Waals surface area contributed by atoms with Gasteiger partial charge in [-0.15, -0.1) is 0 Å². The molecular formula is C39H41N3O7. The Morgan fingerprint density at radius 1 is 0.878 bits per heavy atom. The number of imide groups is 2. The van der Waals surface area contributed by atoms with Gasteiger partial charge in [-0.25, -0.2) is 0 Å². The molecule has 1 saturated carbocycles. The predicted molar refractivity (Wildman–Crippen MR) is 182 cm³/mol. The SMILES string of the molecule is COc1cc(O)c(C2C3=CCC4C(=O)N(C(C)(C)C)C(=O)C4C3CC3C(=O)N(Nc4ccc(C)cc4)C(=O)C32c2ccccc2)c(OC)c1. The zero-order valence-electron chi connectivity index (χ0n) is 28.5. The topological polar surface area (TPSA) is 125 Å². The number of carbonyl (C=O) groups excluding carboxylic acids is 4. The first kappa shape index (κ1) is 32.4. The fraction of sp³-hybridized carbons (Fsp3) is 0.385. The molecule has 4 amide bonds. The van der Waals surface area contributed by atoms with Crippen LogP contribution in [0.2, 0.25) is 0 Å². The van der Waals surface area contributed by atoms with Crippen molar-refractivity contribution in [3.05, 3.63) is 95.1 Å². The van der Waals surface area contributed by atoms with Crippen LogP contribution in [0.1, 0.15) is 56.2 Å². The third kappa shape index (κ3) is 4.67. The van der Waals surface area contributed by atoms with Gasteiger partial charge in [0, 0.05) is 29.2 Å². The van der Waals surface area contributed by atoms with Crippen molar-refractivity contribution in [3.63, 3.8) is 0 Å². The number of hydrazine groups is 1. The summed E-state index contributed by atoms with van der Waals surface area (Å²) in [5, 5.41) is 12.9. The first-order valence-electron chi connectivity index (χ1n) is 16.6. The number of nitrogens with zero attached hydrogens (tertiary/aromatic N) is 2. The summed E-state index contributed by atoms with van der Waals surface area (Å²) in [6.07, 6.45) is 2.41. The van der Waals surface area contributed by atoms with Crippen LogP contribution in [-0.2, 0) is 24.6 Å². The number of allylic oxidation sites excluding steroid dienone is 2. The number of likely N-dealkylation sites (tertiary alicyclic amines) is 1. The van der Waals surface area contributed by atoms with Gasteiger partial charge in [-0.05, 0) is 64.2 Å². The van der Waals surface area contributed by atoms with Gasteiger partial charge in [0.1, 0.15) is 17.2 Å². The minimum Gasteiger partial charge on any atom is -0.507 e. The number of rotatable bonds is 6. The third-order valence-corrected chi connectivity index (χ3v) is 10.9. The van der Waals surface area contributed by atoms with Crippen LogP contribution in [-0.4, -0.2) is 58.4 Å².